The maximum absolute atomic E-state index is 13.7. The van der Waals surface area contributed by atoms with E-state index in [4.69, 9.17) is 5.41 Å². The monoisotopic (exact) mass is 316 g/mol. The predicted molar refractivity (Wildman–Crippen MR) is 77.6 cm³/mol. The summed E-state index contributed by atoms with van der Waals surface area (Å²) in [5, 5.41) is 10.2. The number of nitrogens with one attached hydrogen (secondary N) is 2. The van der Waals surface area contributed by atoms with E-state index < -0.39 is 17.9 Å². The third kappa shape index (κ3) is 5.23. The summed E-state index contributed by atoms with van der Waals surface area (Å²) in [5.74, 6) is -1.50. The number of hydrogen-bond acceptors (Lipinski definition) is 3. The lowest BCUT2D eigenvalue weighted by molar-refractivity contribution is -0.274. The quantitative estimate of drug-likeness (QED) is 0.455. The molecule has 0 unspecified atom stereocenters. The van der Waals surface area contributed by atoms with E-state index in [0.717, 1.165) is 12.1 Å². The Morgan fingerprint density at radius 1 is 1.27 bits per heavy atom. The van der Waals surface area contributed by atoms with Gasteiger partial charge in [-0.2, -0.15) is 0 Å². The van der Waals surface area contributed by atoms with Gasteiger partial charge in [-0.15, -0.1) is 13.2 Å². The molecule has 22 heavy (non-hydrogen) atoms. The topological polar surface area (TPSA) is 45.1 Å². The Hall–Kier alpha value is -2.31. The zero-order valence-electron chi connectivity index (χ0n) is 12.3. The molecule has 0 aliphatic rings. The van der Waals surface area contributed by atoms with Crippen LogP contribution in [0.3, 0.4) is 0 Å². The molecule has 0 aromatic heterocycles. The van der Waals surface area contributed by atoms with Gasteiger partial charge in [0.2, 0.25) is 0 Å². The summed E-state index contributed by atoms with van der Waals surface area (Å²) in [6, 6.07) is 2.81. The van der Waals surface area contributed by atoms with Crippen molar-refractivity contribution >= 4 is 11.4 Å². The molecule has 1 rings (SSSR count). The first kappa shape index (κ1) is 17.7. The SMILES string of the molecule is C/C=C(C(C)=N)\C(C)=C/Nc1ccc(OC(F)(F)F)cc1F. The molecule has 2 N–H and O–H groups in total. The van der Waals surface area contributed by atoms with Crippen LogP contribution in [0.1, 0.15) is 20.8 Å². The third-order valence-corrected chi connectivity index (χ3v) is 2.74. The van der Waals surface area contributed by atoms with Crippen molar-refractivity contribution < 1.29 is 22.3 Å². The van der Waals surface area contributed by atoms with Crippen molar-refractivity contribution in [3.8, 4) is 5.75 Å². The molecule has 120 valence electrons. The molecule has 3 nitrogen and oxygen atoms in total. The number of allylic oxidation sites excluding steroid dienone is 3. The molecule has 0 atom stereocenters. The fourth-order valence-corrected chi connectivity index (χ4v) is 1.81. The summed E-state index contributed by atoms with van der Waals surface area (Å²) in [7, 11) is 0. The van der Waals surface area contributed by atoms with Gasteiger partial charge < -0.3 is 15.5 Å². The summed E-state index contributed by atoms with van der Waals surface area (Å²) in [4.78, 5) is 0. The highest BCUT2D eigenvalue weighted by atomic mass is 19.4. The van der Waals surface area contributed by atoms with Crippen molar-refractivity contribution in [2.75, 3.05) is 5.32 Å². The van der Waals surface area contributed by atoms with Gasteiger partial charge in [-0.1, -0.05) is 6.08 Å². The Morgan fingerprint density at radius 3 is 2.36 bits per heavy atom. The van der Waals surface area contributed by atoms with E-state index in [0.29, 0.717) is 22.9 Å². The second-order valence-corrected chi connectivity index (χ2v) is 4.49. The molecule has 0 bridgehead atoms. The Balaban J connectivity index is 2.90. The van der Waals surface area contributed by atoms with Crippen LogP contribution >= 0.6 is 0 Å². The lowest BCUT2D eigenvalue weighted by Gasteiger charge is -2.11. The lowest BCUT2D eigenvalue weighted by atomic mass is 10.0. The minimum atomic E-state index is -4.86. The van der Waals surface area contributed by atoms with Gasteiger partial charge in [-0.25, -0.2) is 4.39 Å². The lowest BCUT2D eigenvalue weighted by Crippen LogP contribution is -2.17. The van der Waals surface area contributed by atoms with Gasteiger partial charge in [-0.3, -0.25) is 0 Å². The van der Waals surface area contributed by atoms with Crippen molar-refractivity contribution in [2.45, 2.75) is 27.1 Å². The first-order chi connectivity index (χ1) is 10.1. The summed E-state index contributed by atoms with van der Waals surface area (Å²) in [6.45, 7) is 5.13. The van der Waals surface area contributed by atoms with Crippen LogP contribution < -0.4 is 10.1 Å². The highest BCUT2D eigenvalue weighted by molar-refractivity contribution is 5.99. The van der Waals surface area contributed by atoms with Gasteiger partial charge in [0.1, 0.15) is 11.6 Å². The molecule has 0 spiro atoms. The second-order valence-electron chi connectivity index (χ2n) is 4.49. The molecule has 1 aromatic rings. The molecule has 0 radical (unpaired) electrons. The number of anilines is 1. The van der Waals surface area contributed by atoms with Gasteiger partial charge in [0.25, 0.3) is 0 Å². The van der Waals surface area contributed by atoms with Gasteiger partial charge >= 0.3 is 6.36 Å². The van der Waals surface area contributed by atoms with Crippen LogP contribution in [0.15, 0.2) is 41.6 Å². The van der Waals surface area contributed by atoms with Gasteiger partial charge in [0.15, 0.2) is 0 Å². The Bertz CT molecular complexity index is 618. The van der Waals surface area contributed by atoms with Gasteiger partial charge in [-0.05, 0) is 44.1 Å². The van der Waals surface area contributed by atoms with Crippen LogP contribution in [0.2, 0.25) is 0 Å². The zero-order valence-corrected chi connectivity index (χ0v) is 12.3. The number of halogens is 4. The molecule has 0 saturated carbocycles. The zero-order chi connectivity index (χ0) is 16.9. The minimum Gasteiger partial charge on any atom is -0.406 e. The molecule has 0 aliphatic heterocycles. The molecular weight excluding hydrogens is 300 g/mol. The maximum atomic E-state index is 13.7. The first-order valence-electron chi connectivity index (χ1n) is 6.35. The van der Waals surface area contributed by atoms with Crippen LogP contribution in [-0.2, 0) is 0 Å². The summed E-state index contributed by atoms with van der Waals surface area (Å²) in [5.41, 5.74) is 1.74. The van der Waals surface area contributed by atoms with Crippen molar-refractivity contribution in [3.05, 3.63) is 47.4 Å². The number of ether oxygens (including phenoxy) is 1. The highest BCUT2D eigenvalue weighted by Crippen LogP contribution is 2.26. The standard InChI is InChI=1S/C15H16F4N2O/c1-4-12(10(3)20)9(2)8-21-14-6-5-11(7-13(14)16)22-15(17,18)19/h4-8,20-21H,1-3H3/b9-8-,12-4+,20-10?. The van der Waals surface area contributed by atoms with E-state index in [1.54, 1.807) is 26.8 Å². The van der Waals surface area contributed by atoms with Crippen LogP contribution in [0, 0.1) is 11.2 Å². The van der Waals surface area contributed by atoms with Gasteiger partial charge in [0, 0.05) is 18.0 Å². The van der Waals surface area contributed by atoms with Crippen LogP contribution in [0.4, 0.5) is 23.2 Å². The predicted octanol–water partition coefficient (Wildman–Crippen LogP) is 5.03. The molecular formula is C15H16F4N2O. The highest BCUT2D eigenvalue weighted by Gasteiger charge is 2.31. The molecule has 0 aliphatic carbocycles. The third-order valence-electron chi connectivity index (χ3n) is 2.74. The Kier molecular flexibility index (Phi) is 5.73. The molecule has 0 fully saturated rings. The fourth-order valence-electron chi connectivity index (χ4n) is 1.81. The number of hydrogen-bond donors (Lipinski definition) is 2. The first-order valence-corrected chi connectivity index (χ1v) is 6.35. The second kappa shape index (κ2) is 7.11. The molecule has 7 heteroatoms. The van der Waals surface area contributed by atoms with E-state index in [1.807, 2.05) is 0 Å². The van der Waals surface area contributed by atoms with Crippen LogP contribution in [-0.4, -0.2) is 12.1 Å². The van der Waals surface area contributed by atoms with E-state index in [-0.39, 0.29) is 5.69 Å². The Morgan fingerprint density at radius 2 is 1.91 bits per heavy atom. The largest absolute Gasteiger partial charge is 0.573 e. The Labute approximate surface area is 125 Å². The van der Waals surface area contributed by atoms with Crippen molar-refractivity contribution in [2.24, 2.45) is 0 Å². The fraction of sp³-hybridized carbons (Fsp3) is 0.267. The van der Waals surface area contributed by atoms with E-state index in [2.05, 4.69) is 10.1 Å². The van der Waals surface area contributed by atoms with E-state index in [1.165, 1.54) is 6.20 Å². The number of rotatable bonds is 5. The van der Waals surface area contributed by atoms with Gasteiger partial charge in [0.05, 0.1) is 5.69 Å². The minimum absolute atomic E-state index is 0.00645. The van der Waals surface area contributed by atoms with E-state index in [9.17, 15) is 17.6 Å². The van der Waals surface area contributed by atoms with Crippen molar-refractivity contribution in [1.29, 1.82) is 5.41 Å². The molecule has 1 aromatic carbocycles. The molecule has 0 heterocycles. The summed E-state index contributed by atoms with van der Waals surface area (Å²) >= 11 is 0. The van der Waals surface area contributed by atoms with Crippen LogP contribution in [0.25, 0.3) is 0 Å². The number of benzene rings is 1. The van der Waals surface area contributed by atoms with Crippen molar-refractivity contribution in [1.82, 2.24) is 0 Å². The summed E-state index contributed by atoms with van der Waals surface area (Å²) < 4.78 is 53.5. The number of alkyl halides is 3. The average Bonchev–Trinajstić information content (AvgIpc) is 2.36. The average molecular weight is 316 g/mol. The van der Waals surface area contributed by atoms with Crippen molar-refractivity contribution in [3.63, 3.8) is 0 Å². The molecule has 0 saturated heterocycles. The van der Waals surface area contributed by atoms with Crippen LogP contribution in [0.5, 0.6) is 5.75 Å². The molecule has 0 amide bonds. The maximum Gasteiger partial charge on any atom is 0.573 e. The smallest absolute Gasteiger partial charge is 0.406 e. The van der Waals surface area contributed by atoms with E-state index >= 15 is 0 Å². The normalized spacial score (nSPS) is 13.0. The summed E-state index contributed by atoms with van der Waals surface area (Å²) in [6.07, 6.45) is -1.64.